The van der Waals surface area contributed by atoms with E-state index in [1.165, 1.54) is 11.8 Å². The molecule has 1 heterocycles. The summed E-state index contributed by atoms with van der Waals surface area (Å²) in [6.07, 6.45) is 1.77. The lowest BCUT2D eigenvalue weighted by Crippen LogP contribution is -2.32. The number of carbonyl (C=O) groups excluding carboxylic acids is 2. The summed E-state index contributed by atoms with van der Waals surface area (Å²) >= 11 is 7.23. The van der Waals surface area contributed by atoms with Crippen LogP contribution in [0.25, 0.3) is 10.8 Å². The van der Waals surface area contributed by atoms with Crippen LogP contribution < -0.4 is 0 Å². The van der Waals surface area contributed by atoms with Gasteiger partial charge < -0.3 is 0 Å². The van der Waals surface area contributed by atoms with Gasteiger partial charge in [0.05, 0.1) is 10.9 Å². The van der Waals surface area contributed by atoms with E-state index < -0.39 is 5.25 Å². The second kappa shape index (κ2) is 8.86. The van der Waals surface area contributed by atoms with Crippen LogP contribution in [0.3, 0.4) is 0 Å². The zero-order valence-electron chi connectivity index (χ0n) is 16.1. The summed E-state index contributed by atoms with van der Waals surface area (Å²) in [5, 5.41) is 2.74. The molecule has 30 heavy (non-hydrogen) atoms. The van der Waals surface area contributed by atoms with E-state index in [2.05, 4.69) is 6.58 Å². The molecule has 0 radical (unpaired) electrons. The van der Waals surface area contributed by atoms with E-state index in [1.807, 2.05) is 42.5 Å². The summed E-state index contributed by atoms with van der Waals surface area (Å²) in [4.78, 5) is 32.0. The van der Waals surface area contributed by atoms with Crippen LogP contribution in [0.5, 0.6) is 0 Å². The van der Waals surface area contributed by atoms with Crippen LogP contribution in [-0.2, 0) is 4.79 Å². The molecule has 1 fully saturated rings. The number of aliphatic imine (C=N–C) groups is 1. The maximum Gasteiger partial charge on any atom is 0.242 e. The lowest BCUT2D eigenvalue weighted by Gasteiger charge is -2.14. The molecular weight excluding hydrogens is 416 g/mol. The van der Waals surface area contributed by atoms with E-state index in [-0.39, 0.29) is 18.1 Å². The van der Waals surface area contributed by atoms with Gasteiger partial charge in [0.25, 0.3) is 0 Å². The molecular formula is C24H19ClN2O2S. The fraction of sp³-hybridized carbons (Fsp3) is 0.125. The van der Waals surface area contributed by atoms with Crippen molar-refractivity contribution in [1.29, 1.82) is 0 Å². The zero-order chi connectivity index (χ0) is 21.1. The standard InChI is InChI=1S/C24H19ClN2O2S/c1-2-14-27-23(29)22(15-21(28)17-10-12-18(25)13-11-17)30-24(27)26-20-9-5-7-16-6-3-4-8-19(16)20/h2-13,22H,1,14-15H2. The van der Waals surface area contributed by atoms with Gasteiger partial charge in [-0.2, -0.15) is 0 Å². The van der Waals surface area contributed by atoms with E-state index in [9.17, 15) is 9.59 Å². The number of rotatable bonds is 6. The number of ketones is 1. The highest BCUT2D eigenvalue weighted by Crippen LogP contribution is 2.34. The van der Waals surface area contributed by atoms with Gasteiger partial charge in [-0.05, 0) is 35.7 Å². The van der Waals surface area contributed by atoms with E-state index in [4.69, 9.17) is 16.6 Å². The zero-order valence-corrected chi connectivity index (χ0v) is 17.7. The number of amides is 1. The lowest BCUT2D eigenvalue weighted by atomic mass is 10.1. The third-order valence-corrected chi connectivity index (χ3v) is 6.28. The number of thioether (sulfide) groups is 1. The molecule has 1 atom stereocenters. The van der Waals surface area contributed by atoms with Gasteiger partial charge in [0, 0.05) is 28.9 Å². The van der Waals surface area contributed by atoms with Gasteiger partial charge in [-0.25, -0.2) is 4.99 Å². The summed E-state index contributed by atoms with van der Waals surface area (Å²) in [5.41, 5.74) is 1.34. The minimum atomic E-state index is -0.512. The fourth-order valence-corrected chi connectivity index (χ4v) is 4.64. The molecule has 4 rings (SSSR count). The monoisotopic (exact) mass is 434 g/mol. The third-order valence-electron chi connectivity index (χ3n) is 4.85. The third kappa shape index (κ3) is 4.18. The maximum absolute atomic E-state index is 13.0. The van der Waals surface area contributed by atoms with Crippen molar-refractivity contribution in [1.82, 2.24) is 4.90 Å². The number of hydrogen-bond acceptors (Lipinski definition) is 4. The Kier molecular flexibility index (Phi) is 6.02. The Morgan fingerprint density at radius 3 is 2.60 bits per heavy atom. The smallest absolute Gasteiger partial charge is 0.242 e. The van der Waals surface area contributed by atoms with Crippen LogP contribution in [-0.4, -0.2) is 33.6 Å². The fourth-order valence-electron chi connectivity index (χ4n) is 3.35. The molecule has 6 heteroatoms. The van der Waals surface area contributed by atoms with Crippen LogP contribution in [0.15, 0.2) is 84.4 Å². The van der Waals surface area contributed by atoms with Crippen molar-refractivity contribution >= 4 is 56.7 Å². The van der Waals surface area contributed by atoms with Crippen molar-refractivity contribution in [3.05, 3.63) is 90.0 Å². The van der Waals surface area contributed by atoms with Crippen molar-refractivity contribution in [2.45, 2.75) is 11.7 Å². The van der Waals surface area contributed by atoms with Gasteiger partial charge in [0.1, 0.15) is 0 Å². The molecule has 0 saturated carbocycles. The van der Waals surface area contributed by atoms with Gasteiger partial charge in [-0.3, -0.25) is 14.5 Å². The lowest BCUT2D eigenvalue weighted by molar-refractivity contribution is -0.125. The Morgan fingerprint density at radius 2 is 1.83 bits per heavy atom. The molecule has 0 bridgehead atoms. The number of hydrogen-bond donors (Lipinski definition) is 0. The predicted octanol–water partition coefficient (Wildman–Crippen LogP) is 5.88. The van der Waals surface area contributed by atoms with Crippen molar-refractivity contribution in [2.24, 2.45) is 4.99 Å². The molecule has 0 N–H and O–H groups in total. The van der Waals surface area contributed by atoms with E-state index >= 15 is 0 Å². The predicted molar refractivity (Wildman–Crippen MR) is 125 cm³/mol. The van der Waals surface area contributed by atoms with Crippen LogP contribution in [0.4, 0.5) is 5.69 Å². The Morgan fingerprint density at radius 1 is 1.10 bits per heavy atom. The number of Topliss-reactive ketones (excluding diaryl/α,β-unsaturated/α-hetero) is 1. The summed E-state index contributed by atoms with van der Waals surface area (Å²) in [6, 6.07) is 20.6. The first kappa shape index (κ1) is 20.4. The second-order valence-corrected chi connectivity index (χ2v) is 8.48. The normalized spacial score (nSPS) is 17.6. The Balaban J connectivity index is 1.62. The largest absolute Gasteiger partial charge is 0.294 e. The van der Waals surface area contributed by atoms with Crippen LogP contribution >= 0.6 is 23.4 Å². The molecule has 3 aromatic rings. The Hall–Kier alpha value is -2.89. The molecule has 1 saturated heterocycles. The minimum absolute atomic E-state index is 0.0949. The average Bonchev–Trinajstić information content (AvgIpc) is 3.03. The average molecular weight is 435 g/mol. The second-order valence-electron chi connectivity index (χ2n) is 6.87. The van der Waals surface area contributed by atoms with Crippen LogP contribution in [0.1, 0.15) is 16.8 Å². The molecule has 1 amide bonds. The summed E-state index contributed by atoms with van der Waals surface area (Å²) in [6.45, 7) is 4.10. The number of benzene rings is 3. The molecule has 1 unspecified atom stereocenters. The summed E-state index contributed by atoms with van der Waals surface area (Å²) in [7, 11) is 0. The number of halogens is 1. The van der Waals surface area contributed by atoms with Crippen LogP contribution in [0, 0.1) is 0 Å². The first-order chi connectivity index (χ1) is 14.6. The van der Waals surface area contributed by atoms with Crippen molar-refractivity contribution in [2.75, 3.05) is 6.54 Å². The van der Waals surface area contributed by atoms with E-state index in [1.54, 1.807) is 35.2 Å². The van der Waals surface area contributed by atoms with E-state index in [0.717, 1.165) is 16.5 Å². The summed E-state index contributed by atoms with van der Waals surface area (Å²) in [5.74, 6) is -0.219. The molecule has 0 spiro atoms. The quantitative estimate of drug-likeness (QED) is 0.359. The molecule has 1 aliphatic heterocycles. The summed E-state index contributed by atoms with van der Waals surface area (Å²) < 4.78 is 0. The van der Waals surface area contributed by atoms with E-state index in [0.29, 0.717) is 22.3 Å². The Bertz CT molecular complexity index is 1150. The first-order valence-electron chi connectivity index (χ1n) is 9.51. The highest BCUT2D eigenvalue weighted by atomic mass is 35.5. The van der Waals surface area contributed by atoms with Gasteiger partial charge in [0.15, 0.2) is 11.0 Å². The molecule has 0 aromatic heterocycles. The maximum atomic E-state index is 13.0. The minimum Gasteiger partial charge on any atom is -0.294 e. The topological polar surface area (TPSA) is 49.7 Å². The van der Waals surface area contributed by atoms with Crippen LogP contribution in [0.2, 0.25) is 5.02 Å². The highest BCUT2D eigenvalue weighted by Gasteiger charge is 2.38. The molecule has 150 valence electrons. The number of amidine groups is 1. The molecule has 4 nitrogen and oxygen atoms in total. The number of carbonyl (C=O) groups is 2. The van der Waals surface area contributed by atoms with Gasteiger partial charge in [0.2, 0.25) is 5.91 Å². The van der Waals surface area contributed by atoms with Crippen molar-refractivity contribution in [3.8, 4) is 0 Å². The van der Waals surface area contributed by atoms with Gasteiger partial charge in [-0.15, -0.1) is 6.58 Å². The molecule has 0 aliphatic carbocycles. The molecule has 1 aliphatic rings. The highest BCUT2D eigenvalue weighted by molar-refractivity contribution is 8.15. The number of fused-ring (bicyclic) bond motifs is 1. The van der Waals surface area contributed by atoms with Gasteiger partial charge in [-0.1, -0.05) is 65.8 Å². The molecule has 3 aromatic carbocycles. The van der Waals surface area contributed by atoms with Crippen molar-refractivity contribution < 1.29 is 9.59 Å². The van der Waals surface area contributed by atoms with Gasteiger partial charge >= 0.3 is 0 Å². The Labute approximate surface area is 184 Å². The van der Waals surface area contributed by atoms with Crippen molar-refractivity contribution in [3.63, 3.8) is 0 Å². The first-order valence-corrected chi connectivity index (χ1v) is 10.8. The SMILES string of the molecule is C=CCN1C(=O)C(CC(=O)c2ccc(Cl)cc2)SC1=Nc1cccc2ccccc12. The number of nitrogens with zero attached hydrogens (tertiary/aromatic N) is 2.